The van der Waals surface area contributed by atoms with E-state index in [0.717, 1.165) is 38.5 Å². The molecule has 0 aliphatic heterocycles. The van der Waals surface area contributed by atoms with Crippen LogP contribution in [0.5, 0.6) is 0 Å². The summed E-state index contributed by atoms with van der Waals surface area (Å²) >= 11 is 0. The Bertz CT molecular complexity index is 462. The van der Waals surface area contributed by atoms with Crippen molar-refractivity contribution in [2.24, 2.45) is 0 Å². The van der Waals surface area contributed by atoms with Crippen molar-refractivity contribution in [1.29, 1.82) is 0 Å². The quantitative estimate of drug-likeness (QED) is 0.367. The molecule has 0 atom stereocenters. The summed E-state index contributed by atoms with van der Waals surface area (Å²) < 4.78 is 0. The molecule has 0 unspecified atom stereocenters. The number of carboxylic acid groups (broad SMARTS) is 1. The van der Waals surface area contributed by atoms with Gasteiger partial charge in [-0.25, -0.2) is 0 Å². The molecule has 0 fully saturated rings. The number of hydrogen-bond acceptors (Lipinski definition) is 1. The number of hydrogen-bond donors (Lipinski definition) is 1. The van der Waals surface area contributed by atoms with E-state index in [0.29, 0.717) is 6.42 Å². The van der Waals surface area contributed by atoms with Gasteiger partial charge in [-0.15, -0.1) is 0 Å². The maximum absolute atomic E-state index is 10.3. The van der Waals surface area contributed by atoms with E-state index in [1.807, 2.05) is 12.2 Å². The Kier molecular flexibility index (Phi) is 17.3. The Morgan fingerprint density at radius 2 is 0.958 bits per heavy atom. The second-order valence-electron chi connectivity index (χ2n) is 5.35. The lowest BCUT2D eigenvalue weighted by Crippen LogP contribution is -1.91. The lowest BCUT2D eigenvalue weighted by molar-refractivity contribution is -0.136. The van der Waals surface area contributed by atoms with Crippen molar-refractivity contribution in [3.05, 3.63) is 72.9 Å². The van der Waals surface area contributed by atoms with E-state index < -0.39 is 5.97 Å². The predicted octanol–water partition coefficient (Wildman–Crippen LogP) is 6.55. The van der Waals surface area contributed by atoms with Crippen LogP contribution in [0.15, 0.2) is 72.9 Å². The normalized spacial score (nSPS) is 13.0. The van der Waals surface area contributed by atoms with Gasteiger partial charge in [0.1, 0.15) is 0 Å². The molecular formula is C22H32O2. The minimum absolute atomic E-state index is 0.210. The van der Waals surface area contributed by atoms with E-state index in [1.54, 1.807) is 0 Å². The van der Waals surface area contributed by atoms with Crippen molar-refractivity contribution in [2.75, 3.05) is 0 Å². The fourth-order valence-corrected chi connectivity index (χ4v) is 1.85. The molecule has 0 aliphatic carbocycles. The molecule has 24 heavy (non-hydrogen) atoms. The van der Waals surface area contributed by atoms with Crippen LogP contribution in [0.1, 0.15) is 58.3 Å². The lowest BCUT2D eigenvalue weighted by atomic mass is 10.2. The number of rotatable bonds is 14. The molecule has 0 spiro atoms. The minimum atomic E-state index is -0.741. The van der Waals surface area contributed by atoms with E-state index in [-0.39, 0.29) is 6.42 Å². The molecule has 0 amide bonds. The third-order valence-electron chi connectivity index (χ3n) is 3.12. The van der Waals surface area contributed by atoms with Gasteiger partial charge in [-0.3, -0.25) is 4.79 Å². The molecule has 2 heteroatoms. The van der Waals surface area contributed by atoms with E-state index >= 15 is 0 Å². The van der Waals surface area contributed by atoms with Crippen molar-refractivity contribution in [3.8, 4) is 0 Å². The molecule has 0 bridgehead atoms. The molecule has 0 rings (SSSR count). The molecular weight excluding hydrogens is 296 g/mol. The molecule has 0 saturated heterocycles. The Morgan fingerprint density at radius 3 is 1.29 bits per heavy atom. The molecule has 2 nitrogen and oxygen atoms in total. The van der Waals surface area contributed by atoms with Crippen molar-refractivity contribution < 1.29 is 9.90 Å². The summed E-state index contributed by atoms with van der Waals surface area (Å²) in [4.78, 5) is 10.3. The summed E-state index contributed by atoms with van der Waals surface area (Å²) in [6, 6.07) is 0. The van der Waals surface area contributed by atoms with Gasteiger partial charge in [0.2, 0.25) is 0 Å². The number of carbonyl (C=O) groups is 1. The molecule has 0 aliphatic rings. The van der Waals surface area contributed by atoms with Gasteiger partial charge < -0.3 is 5.11 Å². The van der Waals surface area contributed by atoms with Gasteiger partial charge in [-0.05, 0) is 44.9 Å². The van der Waals surface area contributed by atoms with Gasteiger partial charge in [-0.1, -0.05) is 79.8 Å². The fraction of sp³-hybridized carbons (Fsp3) is 0.409. The van der Waals surface area contributed by atoms with Crippen LogP contribution in [0.4, 0.5) is 0 Å². The number of carboxylic acids is 1. The van der Waals surface area contributed by atoms with Crippen LogP contribution >= 0.6 is 0 Å². The zero-order valence-electron chi connectivity index (χ0n) is 14.9. The molecule has 0 heterocycles. The third-order valence-corrected chi connectivity index (χ3v) is 3.12. The first kappa shape index (κ1) is 21.9. The predicted molar refractivity (Wildman–Crippen MR) is 105 cm³/mol. The van der Waals surface area contributed by atoms with Crippen LogP contribution in [0, 0.1) is 0 Å². The third kappa shape index (κ3) is 19.9. The highest BCUT2D eigenvalue weighted by Crippen LogP contribution is 1.97. The van der Waals surface area contributed by atoms with Gasteiger partial charge in [0.25, 0.3) is 0 Å². The van der Waals surface area contributed by atoms with E-state index in [4.69, 9.17) is 5.11 Å². The van der Waals surface area contributed by atoms with Crippen LogP contribution in [0.2, 0.25) is 0 Å². The monoisotopic (exact) mass is 328 g/mol. The van der Waals surface area contributed by atoms with Gasteiger partial charge in [-0.2, -0.15) is 0 Å². The molecule has 0 aromatic heterocycles. The minimum Gasteiger partial charge on any atom is -0.481 e. The Balaban J connectivity index is 3.51. The summed E-state index contributed by atoms with van der Waals surface area (Å²) in [5.74, 6) is -0.741. The van der Waals surface area contributed by atoms with Crippen molar-refractivity contribution in [3.63, 3.8) is 0 Å². The number of allylic oxidation sites excluding steroid dienone is 12. The first-order valence-corrected chi connectivity index (χ1v) is 8.89. The standard InChI is InChI=1S/C22H32O2/c1-2-3-4-5-6-7-8-9-10-11-12-13-14-15-16-17-18-19-20-21-22(23)24/h3-4,6-7,9-10,12-13,15-16,18-19H,2,5,8,11,14,17,20-21H2,1H3,(H,23,24)/b4-3-,7-6+,10-9+,13-12+,16-15-,19-18-. The zero-order chi connectivity index (χ0) is 17.7. The molecule has 0 aromatic rings. The lowest BCUT2D eigenvalue weighted by Gasteiger charge is -1.87. The van der Waals surface area contributed by atoms with Crippen LogP contribution in [-0.4, -0.2) is 11.1 Å². The first-order valence-electron chi connectivity index (χ1n) is 8.89. The van der Waals surface area contributed by atoms with Crippen molar-refractivity contribution in [2.45, 2.75) is 58.3 Å². The average Bonchev–Trinajstić information content (AvgIpc) is 2.56. The largest absolute Gasteiger partial charge is 0.481 e. The number of aliphatic carboxylic acids is 1. The van der Waals surface area contributed by atoms with E-state index in [9.17, 15) is 4.79 Å². The van der Waals surface area contributed by atoms with Crippen LogP contribution in [-0.2, 0) is 4.79 Å². The second kappa shape index (κ2) is 19.0. The Morgan fingerprint density at radius 1 is 0.625 bits per heavy atom. The van der Waals surface area contributed by atoms with Gasteiger partial charge in [0.05, 0.1) is 0 Å². The van der Waals surface area contributed by atoms with Crippen LogP contribution < -0.4 is 0 Å². The zero-order valence-corrected chi connectivity index (χ0v) is 14.9. The SMILES string of the molecule is CC/C=C\C/C=C/C/C=C/C/C=C/C/C=C\C/C=C\CCC(=O)O. The highest BCUT2D eigenvalue weighted by molar-refractivity contribution is 5.66. The van der Waals surface area contributed by atoms with E-state index in [2.05, 4.69) is 67.7 Å². The highest BCUT2D eigenvalue weighted by Gasteiger charge is 1.90. The Hall–Kier alpha value is -2.09. The summed E-state index contributed by atoms with van der Waals surface area (Å²) in [7, 11) is 0. The highest BCUT2D eigenvalue weighted by atomic mass is 16.4. The Labute approximate surface area is 147 Å². The van der Waals surface area contributed by atoms with Gasteiger partial charge in [0, 0.05) is 6.42 Å². The fourth-order valence-electron chi connectivity index (χ4n) is 1.85. The summed E-state index contributed by atoms with van der Waals surface area (Å²) in [5, 5.41) is 8.49. The topological polar surface area (TPSA) is 37.3 Å². The molecule has 1 N–H and O–H groups in total. The average molecular weight is 328 g/mol. The molecule has 0 radical (unpaired) electrons. The first-order chi connectivity index (χ1) is 11.8. The van der Waals surface area contributed by atoms with Gasteiger partial charge >= 0.3 is 5.97 Å². The maximum Gasteiger partial charge on any atom is 0.303 e. The molecule has 0 saturated carbocycles. The molecule has 0 aromatic carbocycles. The second-order valence-corrected chi connectivity index (χ2v) is 5.35. The van der Waals surface area contributed by atoms with Crippen molar-refractivity contribution in [1.82, 2.24) is 0 Å². The summed E-state index contributed by atoms with van der Waals surface area (Å²) in [6.45, 7) is 2.15. The van der Waals surface area contributed by atoms with Crippen molar-refractivity contribution >= 4 is 5.97 Å². The van der Waals surface area contributed by atoms with Crippen LogP contribution in [0.25, 0.3) is 0 Å². The summed E-state index contributed by atoms with van der Waals surface area (Å²) in [6.07, 6.45) is 32.5. The summed E-state index contributed by atoms with van der Waals surface area (Å²) in [5.41, 5.74) is 0. The maximum atomic E-state index is 10.3. The molecule has 132 valence electrons. The smallest absolute Gasteiger partial charge is 0.303 e. The van der Waals surface area contributed by atoms with Gasteiger partial charge in [0.15, 0.2) is 0 Å². The van der Waals surface area contributed by atoms with Crippen LogP contribution in [0.3, 0.4) is 0 Å². The van der Waals surface area contributed by atoms with E-state index in [1.165, 1.54) is 0 Å².